The maximum absolute atomic E-state index is 12.4. The molecule has 0 aliphatic rings. The van der Waals surface area contributed by atoms with Crippen LogP contribution < -0.4 is 10.2 Å². The van der Waals surface area contributed by atoms with Gasteiger partial charge in [0.15, 0.2) is 0 Å². The molecule has 0 unspecified atom stereocenters. The van der Waals surface area contributed by atoms with Crippen molar-refractivity contribution in [3.8, 4) is 22.8 Å². The highest BCUT2D eigenvalue weighted by molar-refractivity contribution is 9.10. The zero-order valence-electron chi connectivity index (χ0n) is 17.1. The van der Waals surface area contributed by atoms with Crippen molar-refractivity contribution in [1.29, 1.82) is 0 Å². The first-order valence-electron chi connectivity index (χ1n) is 9.83. The van der Waals surface area contributed by atoms with E-state index in [1.165, 1.54) is 12.3 Å². The number of phenolic OH excluding ortho intramolecular Hbond substituents is 1. The molecule has 0 bridgehead atoms. The van der Waals surface area contributed by atoms with Crippen molar-refractivity contribution in [3.05, 3.63) is 99.1 Å². The van der Waals surface area contributed by atoms with Gasteiger partial charge in [-0.1, -0.05) is 51.8 Å². The van der Waals surface area contributed by atoms with Gasteiger partial charge in [-0.2, -0.15) is 10.2 Å². The third-order valence-electron chi connectivity index (χ3n) is 4.65. The topological polar surface area (TPSA) is 99.6 Å². The van der Waals surface area contributed by atoms with Crippen molar-refractivity contribution >= 4 is 39.7 Å². The summed E-state index contributed by atoms with van der Waals surface area (Å²) in [5.41, 5.74) is 5.38. The fourth-order valence-electron chi connectivity index (χ4n) is 2.97. The largest absolute Gasteiger partial charge is 0.507 e. The third kappa shape index (κ3) is 5.79. The number of carbonyl (C=O) groups is 1. The van der Waals surface area contributed by atoms with E-state index < -0.39 is 5.91 Å². The van der Waals surface area contributed by atoms with Crippen molar-refractivity contribution in [3.63, 3.8) is 0 Å². The monoisotopic (exact) mass is 524 g/mol. The van der Waals surface area contributed by atoms with Crippen molar-refractivity contribution in [2.45, 2.75) is 6.61 Å². The Bertz CT molecular complexity index is 1310. The summed E-state index contributed by atoms with van der Waals surface area (Å²) in [6, 6.07) is 21.4. The lowest BCUT2D eigenvalue weighted by Crippen LogP contribution is -2.18. The molecule has 0 aliphatic heterocycles. The Kier molecular flexibility index (Phi) is 7.07. The summed E-state index contributed by atoms with van der Waals surface area (Å²) in [5, 5.41) is 21.4. The van der Waals surface area contributed by atoms with Crippen LogP contribution in [0.5, 0.6) is 11.5 Å². The predicted octanol–water partition coefficient (Wildman–Crippen LogP) is 5.54. The van der Waals surface area contributed by atoms with Crippen LogP contribution >= 0.6 is 27.5 Å². The number of aromatic nitrogens is 2. The van der Waals surface area contributed by atoms with E-state index in [9.17, 15) is 9.90 Å². The summed E-state index contributed by atoms with van der Waals surface area (Å²) < 4.78 is 6.75. The molecule has 4 rings (SSSR count). The minimum Gasteiger partial charge on any atom is -0.507 e. The maximum atomic E-state index is 12.4. The van der Waals surface area contributed by atoms with Crippen LogP contribution in [0.4, 0.5) is 0 Å². The Balaban J connectivity index is 1.44. The van der Waals surface area contributed by atoms with Gasteiger partial charge in [-0.15, -0.1) is 0 Å². The van der Waals surface area contributed by atoms with Crippen LogP contribution in [0, 0.1) is 0 Å². The Morgan fingerprint density at radius 3 is 2.76 bits per heavy atom. The van der Waals surface area contributed by atoms with Crippen LogP contribution in [0.25, 0.3) is 11.3 Å². The molecule has 3 N–H and O–H groups in total. The number of aromatic hydroxyl groups is 1. The van der Waals surface area contributed by atoms with Crippen LogP contribution in [0.2, 0.25) is 5.02 Å². The molecule has 166 valence electrons. The third-order valence-corrected chi connectivity index (χ3v) is 5.40. The van der Waals surface area contributed by atoms with Gasteiger partial charge in [-0.3, -0.25) is 9.89 Å². The molecule has 1 heterocycles. The molecule has 3 aromatic carbocycles. The van der Waals surface area contributed by atoms with Crippen LogP contribution in [0.1, 0.15) is 21.6 Å². The zero-order valence-corrected chi connectivity index (χ0v) is 19.5. The summed E-state index contributed by atoms with van der Waals surface area (Å²) in [7, 11) is 0. The minimum atomic E-state index is -0.473. The predicted molar refractivity (Wildman–Crippen MR) is 131 cm³/mol. The van der Waals surface area contributed by atoms with Crippen molar-refractivity contribution in [2.24, 2.45) is 5.10 Å². The Labute approximate surface area is 203 Å². The van der Waals surface area contributed by atoms with Gasteiger partial charge in [-0.25, -0.2) is 5.43 Å². The molecule has 1 amide bonds. The average molecular weight is 526 g/mol. The van der Waals surface area contributed by atoms with E-state index in [1.807, 2.05) is 48.5 Å². The highest BCUT2D eigenvalue weighted by Gasteiger charge is 2.14. The number of nitrogens with one attached hydrogen (secondary N) is 2. The van der Waals surface area contributed by atoms with Gasteiger partial charge >= 0.3 is 0 Å². The number of benzene rings is 3. The normalized spacial score (nSPS) is 11.0. The Morgan fingerprint density at radius 1 is 1.15 bits per heavy atom. The minimum absolute atomic E-state index is 0.0511. The average Bonchev–Trinajstić information content (AvgIpc) is 3.31. The first kappa shape index (κ1) is 22.6. The SMILES string of the molecule is O=C(N/N=C\c1cc(Br)ccc1O)c1cc(-c2ccccc2OCc2ccc(Cl)cc2)n[nH]1. The molecule has 4 aromatic rings. The summed E-state index contributed by atoms with van der Waals surface area (Å²) in [6.45, 7) is 0.364. The highest BCUT2D eigenvalue weighted by atomic mass is 79.9. The van der Waals surface area contributed by atoms with Gasteiger partial charge in [0.1, 0.15) is 23.8 Å². The smallest absolute Gasteiger partial charge is 0.289 e. The number of phenols is 1. The van der Waals surface area contributed by atoms with Gasteiger partial charge in [-0.05, 0) is 54.1 Å². The van der Waals surface area contributed by atoms with Crippen LogP contribution in [-0.4, -0.2) is 27.4 Å². The Morgan fingerprint density at radius 2 is 1.94 bits per heavy atom. The molecule has 0 radical (unpaired) electrons. The van der Waals surface area contributed by atoms with Gasteiger partial charge < -0.3 is 9.84 Å². The number of rotatable bonds is 7. The summed E-state index contributed by atoms with van der Waals surface area (Å²) >= 11 is 9.25. The molecule has 0 fully saturated rings. The first-order valence-corrected chi connectivity index (χ1v) is 11.0. The molecular weight excluding hydrogens is 508 g/mol. The van der Waals surface area contributed by atoms with E-state index in [1.54, 1.807) is 18.2 Å². The molecule has 0 spiro atoms. The van der Waals surface area contributed by atoms with Gasteiger partial charge in [0.2, 0.25) is 0 Å². The lowest BCUT2D eigenvalue weighted by atomic mass is 10.1. The summed E-state index contributed by atoms with van der Waals surface area (Å²) in [6.07, 6.45) is 1.36. The quantitative estimate of drug-likeness (QED) is 0.218. The summed E-state index contributed by atoms with van der Waals surface area (Å²) in [4.78, 5) is 12.4. The second kappa shape index (κ2) is 10.3. The second-order valence-electron chi connectivity index (χ2n) is 6.98. The fourth-order valence-corrected chi connectivity index (χ4v) is 3.48. The first-order chi connectivity index (χ1) is 16.0. The van der Waals surface area contributed by atoms with Crippen LogP contribution in [0.3, 0.4) is 0 Å². The number of hydrogen-bond acceptors (Lipinski definition) is 5. The van der Waals surface area contributed by atoms with Crippen molar-refractivity contribution in [2.75, 3.05) is 0 Å². The van der Waals surface area contributed by atoms with Crippen molar-refractivity contribution in [1.82, 2.24) is 15.6 Å². The van der Waals surface area contributed by atoms with Crippen LogP contribution in [-0.2, 0) is 6.61 Å². The van der Waals surface area contributed by atoms with E-state index in [0.29, 0.717) is 28.6 Å². The lowest BCUT2D eigenvalue weighted by molar-refractivity contribution is 0.0950. The van der Waals surface area contributed by atoms with E-state index >= 15 is 0 Å². The summed E-state index contributed by atoms with van der Waals surface area (Å²) in [5.74, 6) is 0.211. The number of hydrogen-bond donors (Lipinski definition) is 3. The van der Waals surface area contributed by atoms with Crippen molar-refractivity contribution < 1.29 is 14.6 Å². The number of amides is 1. The molecular formula is C24H18BrClN4O3. The van der Waals surface area contributed by atoms with E-state index in [4.69, 9.17) is 16.3 Å². The molecule has 0 saturated carbocycles. The number of ether oxygens (including phenoxy) is 1. The number of carbonyl (C=O) groups excluding carboxylic acids is 1. The number of halogens is 2. The zero-order chi connectivity index (χ0) is 23.2. The lowest BCUT2D eigenvalue weighted by Gasteiger charge is -2.10. The molecule has 0 atom stereocenters. The number of para-hydroxylation sites is 1. The number of H-pyrrole nitrogens is 1. The van der Waals surface area contributed by atoms with E-state index in [2.05, 4.69) is 36.7 Å². The van der Waals surface area contributed by atoms with Gasteiger partial charge in [0.05, 0.1) is 11.9 Å². The van der Waals surface area contributed by atoms with Gasteiger partial charge in [0, 0.05) is 20.6 Å². The van der Waals surface area contributed by atoms with E-state index in [-0.39, 0.29) is 11.4 Å². The highest BCUT2D eigenvalue weighted by Crippen LogP contribution is 2.29. The fraction of sp³-hybridized carbons (Fsp3) is 0.0417. The van der Waals surface area contributed by atoms with Gasteiger partial charge in [0.25, 0.3) is 5.91 Å². The number of aromatic amines is 1. The van der Waals surface area contributed by atoms with Crippen LogP contribution in [0.15, 0.2) is 82.4 Å². The number of nitrogens with zero attached hydrogens (tertiary/aromatic N) is 2. The molecule has 7 nitrogen and oxygen atoms in total. The second-order valence-corrected chi connectivity index (χ2v) is 8.33. The molecule has 0 saturated heterocycles. The molecule has 1 aromatic heterocycles. The standard InChI is InChI=1S/C24H18BrClN4O3/c25-17-7-10-22(31)16(11-17)13-27-30-24(32)21-12-20(28-29-21)19-3-1-2-4-23(19)33-14-15-5-8-18(26)9-6-15/h1-13,31H,14H2,(H,28,29)(H,30,32)/b27-13-. The molecule has 9 heteroatoms. The number of hydrazone groups is 1. The maximum Gasteiger partial charge on any atom is 0.289 e. The molecule has 0 aliphatic carbocycles. The van der Waals surface area contributed by atoms with E-state index in [0.717, 1.165) is 15.6 Å². The Hall–Kier alpha value is -3.62. The molecule has 33 heavy (non-hydrogen) atoms.